The summed E-state index contributed by atoms with van der Waals surface area (Å²) in [5.74, 6) is -0.428. The zero-order valence-electron chi connectivity index (χ0n) is 17.3. The van der Waals surface area contributed by atoms with Gasteiger partial charge in [0.2, 0.25) is 0 Å². The van der Waals surface area contributed by atoms with Gasteiger partial charge in [-0.3, -0.25) is 4.79 Å². The minimum Gasteiger partial charge on any atom is -0.349 e. The first kappa shape index (κ1) is 20.9. The molecule has 0 saturated carbocycles. The van der Waals surface area contributed by atoms with Crippen molar-refractivity contribution in [3.8, 4) is 11.3 Å². The Labute approximate surface area is 182 Å². The zero-order valence-corrected chi connectivity index (χ0v) is 18.1. The summed E-state index contributed by atoms with van der Waals surface area (Å²) in [6, 6.07) is 15.8. The number of hydrogen-bond acceptors (Lipinski definition) is 2. The Morgan fingerprint density at radius 3 is 2.37 bits per heavy atom. The minimum atomic E-state index is -0.325. The van der Waals surface area contributed by atoms with E-state index in [2.05, 4.69) is 17.3 Å². The van der Waals surface area contributed by atoms with Crippen LogP contribution in [-0.2, 0) is 7.05 Å². The topological polar surface area (TPSA) is 37.3 Å². The Balaban J connectivity index is 0.00000218. The molecule has 0 unspecified atom stereocenters. The molecule has 1 amide bonds. The number of carbonyl (C=O) groups is 1. The fourth-order valence-corrected chi connectivity index (χ4v) is 5.37. The van der Waals surface area contributed by atoms with Crippen LogP contribution in [0.15, 0.2) is 48.5 Å². The molecule has 1 N–H and O–H groups in total. The normalized spacial score (nSPS) is 23.4. The number of halogens is 2. The van der Waals surface area contributed by atoms with Crippen molar-refractivity contribution in [1.29, 1.82) is 0 Å². The van der Waals surface area contributed by atoms with E-state index in [0.717, 1.165) is 29.6 Å². The number of piperidine rings is 1. The fraction of sp³-hybridized carbons (Fsp3) is 0.375. The van der Waals surface area contributed by atoms with Crippen molar-refractivity contribution < 1.29 is 9.18 Å². The molecule has 0 radical (unpaired) electrons. The Bertz CT molecular complexity index is 1070. The third-order valence-corrected chi connectivity index (χ3v) is 6.87. The lowest BCUT2D eigenvalue weighted by Gasteiger charge is -2.36. The number of amides is 1. The highest BCUT2D eigenvalue weighted by molar-refractivity contribution is 6.12. The van der Waals surface area contributed by atoms with Crippen LogP contribution >= 0.6 is 12.4 Å². The van der Waals surface area contributed by atoms with E-state index in [4.69, 9.17) is 0 Å². The molecule has 3 atom stereocenters. The summed E-state index contributed by atoms with van der Waals surface area (Å²) in [4.78, 5) is 16.0. The number of rotatable bonds is 3. The van der Waals surface area contributed by atoms with Crippen molar-refractivity contribution in [3.63, 3.8) is 0 Å². The maximum atomic E-state index is 14.1. The first-order valence-corrected chi connectivity index (χ1v) is 10.4. The van der Waals surface area contributed by atoms with E-state index < -0.39 is 0 Å². The standard InChI is InChI=1S/C24H26FN3O.ClH/c1-27-18-9-10-19(27)14-17(13-18)26-24(29)22-20-12-16(25)8-11-21(20)28(2)23(22)15-6-4-3-5-7-15;/h3-8,11-12,17-19H,9-10,13-14H2,1-2H3,(H,26,29);1H/t17-,18+,19-;. The average molecular weight is 428 g/mol. The van der Waals surface area contributed by atoms with Crippen LogP contribution in [-0.4, -0.2) is 40.5 Å². The molecule has 2 bridgehead atoms. The van der Waals surface area contributed by atoms with E-state index in [0.29, 0.717) is 23.0 Å². The Morgan fingerprint density at radius 2 is 1.70 bits per heavy atom. The number of aromatic nitrogens is 1. The molecule has 5 rings (SSSR count). The minimum absolute atomic E-state index is 0. The molecule has 6 heteroatoms. The zero-order chi connectivity index (χ0) is 20.1. The van der Waals surface area contributed by atoms with Crippen LogP contribution in [0, 0.1) is 5.82 Å². The first-order valence-electron chi connectivity index (χ1n) is 10.4. The third-order valence-electron chi connectivity index (χ3n) is 6.87. The lowest BCUT2D eigenvalue weighted by atomic mass is 9.97. The number of benzene rings is 2. The largest absolute Gasteiger partial charge is 0.349 e. The Hall–Kier alpha value is -2.37. The third kappa shape index (κ3) is 3.40. The highest BCUT2D eigenvalue weighted by Crippen LogP contribution is 2.36. The van der Waals surface area contributed by atoms with E-state index in [1.165, 1.54) is 25.0 Å². The van der Waals surface area contributed by atoms with Crippen LogP contribution in [0.3, 0.4) is 0 Å². The molecule has 2 aliphatic rings. The van der Waals surface area contributed by atoms with Crippen molar-refractivity contribution in [2.75, 3.05) is 7.05 Å². The van der Waals surface area contributed by atoms with Crippen molar-refractivity contribution in [1.82, 2.24) is 14.8 Å². The summed E-state index contributed by atoms with van der Waals surface area (Å²) < 4.78 is 16.1. The summed E-state index contributed by atoms with van der Waals surface area (Å²) in [6.45, 7) is 0. The van der Waals surface area contributed by atoms with Crippen LogP contribution in [0.1, 0.15) is 36.0 Å². The molecule has 4 nitrogen and oxygen atoms in total. The number of hydrogen-bond donors (Lipinski definition) is 1. The van der Waals surface area contributed by atoms with Crippen LogP contribution in [0.5, 0.6) is 0 Å². The van der Waals surface area contributed by atoms with Gasteiger partial charge in [-0.05, 0) is 56.5 Å². The first-order chi connectivity index (χ1) is 14.0. The summed E-state index contributed by atoms with van der Waals surface area (Å²) in [6.07, 6.45) is 4.39. The second-order valence-corrected chi connectivity index (χ2v) is 8.50. The number of carbonyl (C=O) groups excluding carboxylic acids is 1. The monoisotopic (exact) mass is 427 g/mol. The SMILES string of the molecule is CN1[C@@H]2CC[C@H]1C[C@@H](NC(=O)c1c(-c3ccccc3)n(C)c3ccc(F)cc13)C2.Cl. The molecule has 2 fully saturated rings. The maximum absolute atomic E-state index is 14.1. The van der Waals surface area contributed by atoms with Crippen molar-refractivity contribution in [2.24, 2.45) is 7.05 Å². The van der Waals surface area contributed by atoms with E-state index in [-0.39, 0.29) is 30.2 Å². The maximum Gasteiger partial charge on any atom is 0.254 e. The predicted molar refractivity (Wildman–Crippen MR) is 121 cm³/mol. The average Bonchev–Trinajstić information content (AvgIpc) is 3.09. The molecule has 2 aliphatic heterocycles. The van der Waals surface area contributed by atoms with Crippen LogP contribution in [0.2, 0.25) is 0 Å². The summed E-state index contributed by atoms with van der Waals surface area (Å²) in [5.41, 5.74) is 3.22. The Morgan fingerprint density at radius 1 is 1.03 bits per heavy atom. The summed E-state index contributed by atoms with van der Waals surface area (Å²) in [7, 11) is 4.14. The molecule has 1 aromatic heterocycles. The number of nitrogens with one attached hydrogen (secondary N) is 1. The second-order valence-electron chi connectivity index (χ2n) is 8.50. The van der Waals surface area contributed by atoms with Gasteiger partial charge in [-0.1, -0.05) is 30.3 Å². The van der Waals surface area contributed by atoms with Gasteiger partial charge in [0.1, 0.15) is 5.82 Å². The summed E-state index contributed by atoms with van der Waals surface area (Å²) in [5, 5.41) is 3.96. The molecule has 2 saturated heterocycles. The lowest BCUT2D eigenvalue weighted by molar-refractivity contribution is 0.0884. The number of nitrogens with zero attached hydrogens (tertiary/aromatic N) is 2. The quantitative estimate of drug-likeness (QED) is 0.654. The second kappa shape index (κ2) is 8.05. The van der Waals surface area contributed by atoms with E-state index in [1.54, 1.807) is 6.07 Å². The van der Waals surface area contributed by atoms with Crippen LogP contribution in [0.4, 0.5) is 4.39 Å². The molecule has 0 spiro atoms. The van der Waals surface area contributed by atoms with Gasteiger partial charge >= 0.3 is 0 Å². The van der Waals surface area contributed by atoms with Gasteiger partial charge in [-0.2, -0.15) is 0 Å². The van der Waals surface area contributed by atoms with E-state index in [9.17, 15) is 9.18 Å². The molecule has 158 valence electrons. The molecule has 3 aromatic rings. The van der Waals surface area contributed by atoms with Gasteiger partial charge < -0.3 is 14.8 Å². The van der Waals surface area contributed by atoms with E-state index in [1.807, 2.05) is 41.9 Å². The highest BCUT2D eigenvalue weighted by atomic mass is 35.5. The molecular formula is C24H27ClFN3O. The van der Waals surface area contributed by atoms with Crippen molar-refractivity contribution >= 4 is 29.2 Å². The van der Waals surface area contributed by atoms with E-state index >= 15 is 0 Å². The lowest BCUT2D eigenvalue weighted by Crippen LogP contribution is -2.48. The molecule has 0 aliphatic carbocycles. The molecule has 30 heavy (non-hydrogen) atoms. The predicted octanol–water partition coefficient (Wildman–Crippen LogP) is 4.76. The Kier molecular flexibility index (Phi) is 5.60. The molecule has 2 aromatic carbocycles. The van der Waals surface area contributed by atoms with Gasteiger partial charge in [-0.25, -0.2) is 4.39 Å². The number of fused-ring (bicyclic) bond motifs is 3. The molecular weight excluding hydrogens is 401 g/mol. The van der Waals surface area contributed by atoms with Gasteiger partial charge in [0, 0.05) is 36.1 Å². The smallest absolute Gasteiger partial charge is 0.254 e. The van der Waals surface area contributed by atoms with Gasteiger partial charge in [0.25, 0.3) is 5.91 Å². The van der Waals surface area contributed by atoms with Crippen molar-refractivity contribution in [2.45, 2.75) is 43.8 Å². The van der Waals surface area contributed by atoms with Gasteiger partial charge in [0.15, 0.2) is 0 Å². The summed E-state index contributed by atoms with van der Waals surface area (Å²) >= 11 is 0. The van der Waals surface area contributed by atoms with Crippen molar-refractivity contribution in [3.05, 3.63) is 59.9 Å². The molecule has 3 heterocycles. The van der Waals surface area contributed by atoms with Gasteiger partial charge in [-0.15, -0.1) is 12.4 Å². The highest BCUT2D eigenvalue weighted by Gasteiger charge is 2.39. The van der Waals surface area contributed by atoms with Gasteiger partial charge in [0.05, 0.1) is 11.3 Å². The fourth-order valence-electron chi connectivity index (χ4n) is 5.37. The van der Waals surface area contributed by atoms with Crippen LogP contribution < -0.4 is 5.32 Å². The van der Waals surface area contributed by atoms with Crippen LogP contribution in [0.25, 0.3) is 22.2 Å². The number of aryl methyl sites for hydroxylation is 1.